The lowest BCUT2D eigenvalue weighted by atomic mass is 9.70. The Morgan fingerprint density at radius 2 is 2.09 bits per heavy atom. The van der Waals surface area contributed by atoms with Crippen molar-refractivity contribution < 1.29 is 14.8 Å². The summed E-state index contributed by atoms with van der Waals surface area (Å²) >= 11 is 0. The van der Waals surface area contributed by atoms with Crippen LogP contribution in [0.25, 0.3) is 0 Å². The van der Waals surface area contributed by atoms with Crippen LogP contribution in [0.4, 0.5) is 0 Å². The molecule has 5 nitrogen and oxygen atoms in total. The van der Waals surface area contributed by atoms with Gasteiger partial charge in [-0.15, -0.1) is 0 Å². The Labute approximate surface area is 135 Å². The Morgan fingerprint density at radius 1 is 1.26 bits per heavy atom. The lowest BCUT2D eigenvalue weighted by Gasteiger charge is -2.38. The van der Waals surface area contributed by atoms with Crippen LogP contribution in [-0.2, 0) is 17.6 Å². The van der Waals surface area contributed by atoms with E-state index in [0.717, 1.165) is 50.6 Å². The number of likely N-dealkylation sites (tertiary alicyclic amines) is 1. The molecule has 0 bridgehead atoms. The van der Waals surface area contributed by atoms with Crippen LogP contribution in [0.1, 0.15) is 53.6 Å². The summed E-state index contributed by atoms with van der Waals surface area (Å²) in [6.07, 6.45) is 7.01. The summed E-state index contributed by atoms with van der Waals surface area (Å²) in [6.45, 7) is 0.907. The zero-order chi connectivity index (χ0) is 16.0. The number of hydroxylamine groups is 1. The highest BCUT2D eigenvalue weighted by Gasteiger charge is 2.50. The Hall–Kier alpha value is -1.88. The predicted octanol–water partition coefficient (Wildman–Crippen LogP) is 2.07. The van der Waals surface area contributed by atoms with Gasteiger partial charge in [0.05, 0.1) is 5.41 Å². The molecule has 1 saturated carbocycles. The zero-order valence-electron chi connectivity index (χ0n) is 13.2. The normalized spacial score (nSPS) is 27.0. The van der Waals surface area contributed by atoms with E-state index < -0.39 is 5.91 Å². The molecule has 1 atom stereocenters. The van der Waals surface area contributed by atoms with Gasteiger partial charge in [0.15, 0.2) is 0 Å². The molecule has 1 heterocycles. The molecular formula is C18H22N2O3. The molecule has 3 aliphatic rings. The average molecular weight is 314 g/mol. The maximum absolute atomic E-state index is 13.0. The third kappa shape index (κ3) is 2.26. The van der Waals surface area contributed by atoms with Crippen LogP contribution in [-0.4, -0.2) is 34.5 Å². The molecule has 5 heteroatoms. The van der Waals surface area contributed by atoms with E-state index in [1.54, 1.807) is 11.5 Å². The number of carbonyl (C=O) groups excluding carboxylic acids is 2. The van der Waals surface area contributed by atoms with Crippen molar-refractivity contribution in [3.63, 3.8) is 0 Å². The second-order valence-electron chi connectivity index (χ2n) is 7.21. The van der Waals surface area contributed by atoms with Crippen LogP contribution < -0.4 is 5.48 Å². The number of hydrogen-bond acceptors (Lipinski definition) is 3. The van der Waals surface area contributed by atoms with Crippen LogP contribution >= 0.6 is 0 Å². The summed E-state index contributed by atoms with van der Waals surface area (Å²) in [5, 5.41) is 8.75. The first-order chi connectivity index (χ1) is 11.1. The number of carbonyl (C=O) groups is 2. The number of nitrogens with zero attached hydrogens (tertiary/aromatic N) is 1. The first-order valence-electron chi connectivity index (χ1n) is 8.50. The van der Waals surface area contributed by atoms with E-state index >= 15 is 0 Å². The van der Waals surface area contributed by atoms with Gasteiger partial charge in [0.1, 0.15) is 0 Å². The number of nitrogens with one attached hydrogen (secondary N) is 1. The standard InChI is InChI=1S/C18H22N2O3/c21-16(19-23)13-4-5-14-11-18(7-6-12(14)10-13)8-9-20(17(18)22)15-2-1-3-15/h4-5,10,15,23H,1-3,6-9,11H2,(H,19,21)/t18-/m0/s1. The van der Waals surface area contributed by atoms with Crippen LogP contribution in [0.15, 0.2) is 18.2 Å². The van der Waals surface area contributed by atoms with E-state index in [0.29, 0.717) is 17.5 Å². The summed E-state index contributed by atoms with van der Waals surface area (Å²) in [7, 11) is 0. The molecular weight excluding hydrogens is 292 g/mol. The third-order valence-electron chi connectivity index (χ3n) is 6.03. The first-order valence-corrected chi connectivity index (χ1v) is 8.50. The van der Waals surface area contributed by atoms with E-state index in [9.17, 15) is 9.59 Å². The Bertz CT molecular complexity index is 668. The van der Waals surface area contributed by atoms with Crippen molar-refractivity contribution in [2.24, 2.45) is 5.41 Å². The van der Waals surface area contributed by atoms with Gasteiger partial charge in [-0.05, 0) is 68.2 Å². The summed E-state index contributed by atoms with van der Waals surface area (Å²) in [5.41, 5.74) is 4.23. The molecule has 0 radical (unpaired) electrons. The Morgan fingerprint density at radius 3 is 2.78 bits per heavy atom. The van der Waals surface area contributed by atoms with E-state index in [-0.39, 0.29) is 5.41 Å². The van der Waals surface area contributed by atoms with Crippen molar-refractivity contribution in [3.05, 3.63) is 34.9 Å². The fourth-order valence-electron chi connectivity index (χ4n) is 4.35. The number of benzene rings is 1. The van der Waals surface area contributed by atoms with Gasteiger partial charge in [0.25, 0.3) is 5.91 Å². The third-order valence-corrected chi connectivity index (χ3v) is 6.03. The van der Waals surface area contributed by atoms with Crippen LogP contribution in [0.5, 0.6) is 0 Å². The molecule has 2 fully saturated rings. The highest BCUT2D eigenvalue weighted by Crippen LogP contribution is 2.46. The fourth-order valence-corrected chi connectivity index (χ4v) is 4.35. The van der Waals surface area contributed by atoms with Crippen molar-refractivity contribution in [3.8, 4) is 0 Å². The lowest BCUT2D eigenvalue weighted by Crippen LogP contribution is -2.45. The van der Waals surface area contributed by atoms with Gasteiger partial charge in [0.2, 0.25) is 5.91 Å². The fraction of sp³-hybridized carbons (Fsp3) is 0.556. The molecule has 2 N–H and O–H groups in total. The van der Waals surface area contributed by atoms with E-state index in [1.807, 2.05) is 12.1 Å². The number of hydrogen-bond donors (Lipinski definition) is 2. The molecule has 2 amide bonds. The van der Waals surface area contributed by atoms with Gasteiger partial charge in [-0.3, -0.25) is 14.8 Å². The van der Waals surface area contributed by atoms with Crippen molar-refractivity contribution in [2.75, 3.05) is 6.54 Å². The highest BCUT2D eigenvalue weighted by molar-refractivity contribution is 5.93. The van der Waals surface area contributed by atoms with Crippen LogP contribution in [0, 0.1) is 5.41 Å². The highest BCUT2D eigenvalue weighted by atomic mass is 16.5. The quantitative estimate of drug-likeness (QED) is 0.648. The van der Waals surface area contributed by atoms with Gasteiger partial charge >= 0.3 is 0 Å². The monoisotopic (exact) mass is 314 g/mol. The number of amides is 2. The largest absolute Gasteiger partial charge is 0.339 e. The maximum atomic E-state index is 13.0. The minimum Gasteiger partial charge on any atom is -0.339 e. The minimum absolute atomic E-state index is 0.219. The molecule has 0 aromatic heterocycles. The Balaban J connectivity index is 1.57. The van der Waals surface area contributed by atoms with Crippen molar-refractivity contribution in [2.45, 2.75) is 51.0 Å². The van der Waals surface area contributed by atoms with Crippen LogP contribution in [0.3, 0.4) is 0 Å². The SMILES string of the molecule is O=C(NO)c1ccc2c(c1)CC[C@]1(CCN(C3CCC3)C1=O)C2. The molecule has 1 aliphatic heterocycles. The van der Waals surface area contributed by atoms with Gasteiger partial charge in [0, 0.05) is 18.2 Å². The van der Waals surface area contributed by atoms with E-state index in [2.05, 4.69) is 4.90 Å². The molecule has 1 saturated heterocycles. The molecule has 4 rings (SSSR count). The summed E-state index contributed by atoms with van der Waals surface area (Å²) in [5.74, 6) is -0.133. The van der Waals surface area contributed by atoms with Gasteiger partial charge in [-0.25, -0.2) is 5.48 Å². The molecule has 1 aromatic rings. The van der Waals surface area contributed by atoms with Gasteiger partial charge < -0.3 is 4.90 Å². The zero-order valence-corrected chi connectivity index (χ0v) is 13.2. The molecule has 2 aliphatic carbocycles. The average Bonchev–Trinajstić information content (AvgIpc) is 2.82. The molecule has 122 valence electrons. The lowest BCUT2D eigenvalue weighted by molar-refractivity contribution is -0.139. The second-order valence-corrected chi connectivity index (χ2v) is 7.21. The van der Waals surface area contributed by atoms with Crippen molar-refractivity contribution in [1.82, 2.24) is 10.4 Å². The van der Waals surface area contributed by atoms with Gasteiger partial charge in [-0.2, -0.15) is 0 Å². The predicted molar refractivity (Wildman–Crippen MR) is 84.1 cm³/mol. The topological polar surface area (TPSA) is 69.6 Å². The molecule has 1 spiro atoms. The van der Waals surface area contributed by atoms with E-state index in [1.165, 1.54) is 12.0 Å². The minimum atomic E-state index is -0.485. The summed E-state index contributed by atoms with van der Waals surface area (Å²) < 4.78 is 0. The smallest absolute Gasteiger partial charge is 0.274 e. The maximum Gasteiger partial charge on any atom is 0.274 e. The molecule has 0 unspecified atom stereocenters. The number of fused-ring (bicyclic) bond motifs is 1. The summed E-state index contributed by atoms with van der Waals surface area (Å²) in [4.78, 5) is 26.6. The molecule has 23 heavy (non-hydrogen) atoms. The van der Waals surface area contributed by atoms with Gasteiger partial charge in [-0.1, -0.05) is 6.07 Å². The molecule has 1 aromatic carbocycles. The van der Waals surface area contributed by atoms with Crippen molar-refractivity contribution >= 4 is 11.8 Å². The second kappa shape index (κ2) is 5.34. The first kappa shape index (κ1) is 14.7. The Kier molecular flexibility index (Phi) is 3.41. The number of aryl methyl sites for hydroxylation is 1. The van der Waals surface area contributed by atoms with Crippen LogP contribution in [0.2, 0.25) is 0 Å². The van der Waals surface area contributed by atoms with E-state index in [4.69, 9.17) is 5.21 Å². The van der Waals surface area contributed by atoms with Crippen molar-refractivity contribution in [1.29, 1.82) is 0 Å². The summed E-state index contributed by atoms with van der Waals surface area (Å²) in [6, 6.07) is 6.00. The number of rotatable bonds is 2.